The lowest BCUT2D eigenvalue weighted by atomic mass is 9.88. The summed E-state index contributed by atoms with van der Waals surface area (Å²) in [6.07, 6.45) is 0.789. The summed E-state index contributed by atoms with van der Waals surface area (Å²) in [7, 11) is 0. The van der Waals surface area contributed by atoms with Gasteiger partial charge in [0, 0.05) is 5.88 Å². The largest absolute Gasteiger partial charge is 0.489 e. The number of hydrogen-bond donors (Lipinski definition) is 0. The summed E-state index contributed by atoms with van der Waals surface area (Å²) in [5.74, 6) is 1.35. The quantitative estimate of drug-likeness (QED) is 0.127. The first-order chi connectivity index (χ1) is 16.8. The number of hydrogen-bond acceptors (Lipinski definition) is 2. The van der Waals surface area contributed by atoms with E-state index in [1.54, 1.807) is 0 Å². The molecule has 0 spiro atoms. The van der Waals surface area contributed by atoms with E-state index in [4.69, 9.17) is 21.1 Å². The van der Waals surface area contributed by atoms with Crippen molar-refractivity contribution in [2.45, 2.75) is 13.0 Å². The number of alkyl halides is 1. The van der Waals surface area contributed by atoms with Crippen LogP contribution in [-0.2, 0) is 11.3 Å². The van der Waals surface area contributed by atoms with Crippen LogP contribution in [0.3, 0.4) is 0 Å². The summed E-state index contributed by atoms with van der Waals surface area (Å²) in [6, 6.07) is 39.7. The molecule has 2 nitrogen and oxygen atoms in total. The van der Waals surface area contributed by atoms with Crippen LogP contribution < -0.4 is 4.74 Å². The third-order valence-corrected chi connectivity index (χ3v) is 5.75. The van der Waals surface area contributed by atoms with E-state index in [1.165, 1.54) is 22.3 Å². The molecular formula is C31H29ClO2. The minimum absolute atomic E-state index is 0.500. The molecule has 4 aromatic rings. The number of rotatable bonds is 11. The topological polar surface area (TPSA) is 18.5 Å². The van der Waals surface area contributed by atoms with Crippen molar-refractivity contribution in [1.82, 2.24) is 0 Å². The lowest BCUT2D eigenvalue weighted by molar-refractivity contribution is 0.155. The molecule has 0 aliphatic heterocycles. The molecule has 0 amide bonds. The Bertz CT molecular complexity index is 1150. The predicted octanol–water partition coefficient (Wildman–Crippen LogP) is 7.87. The molecule has 0 bridgehead atoms. The Morgan fingerprint density at radius 3 is 1.76 bits per heavy atom. The molecule has 172 valence electrons. The lowest BCUT2D eigenvalue weighted by Gasteiger charge is -2.18. The molecule has 0 atom stereocenters. The zero-order valence-electron chi connectivity index (χ0n) is 19.2. The molecule has 0 aliphatic carbocycles. The molecule has 0 unspecified atom stereocenters. The van der Waals surface area contributed by atoms with Crippen LogP contribution in [0.4, 0.5) is 0 Å². The van der Waals surface area contributed by atoms with Gasteiger partial charge in [0.25, 0.3) is 0 Å². The van der Waals surface area contributed by atoms with Gasteiger partial charge in [-0.1, -0.05) is 103 Å². The van der Waals surface area contributed by atoms with Crippen molar-refractivity contribution in [3.63, 3.8) is 0 Å². The third-order valence-electron chi connectivity index (χ3n) is 5.60. The number of ether oxygens (including phenoxy) is 2. The van der Waals surface area contributed by atoms with Gasteiger partial charge >= 0.3 is 0 Å². The Labute approximate surface area is 207 Å². The summed E-state index contributed by atoms with van der Waals surface area (Å²) in [5, 5.41) is 0. The molecule has 0 saturated carbocycles. The Morgan fingerprint density at radius 2 is 1.15 bits per heavy atom. The second kappa shape index (κ2) is 12.8. The molecule has 4 rings (SSSR count). The summed E-state index contributed by atoms with van der Waals surface area (Å²) in [6.45, 7) is 1.72. The van der Waals surface area contributed by atoms with Crippen molar-refractivity contribution < 1.29 is 9.47 Å². The van der Waals surface area contributed by atoms with Gasteiger partial charge in [-0.15, -0.1) is 11.6 Å². The lowest BCUT2D eigenvalue weighted by Crippen LogP contribution is -2.02. The summed E-state index contributed by atoms with van der Waals surface area (Å²) < 4.78 is 11.8. The standard InChI is InChI=1S/C31H29ClO2/c32-21-23-33-22-20-30(26-12-6-2-7-13-26)31(27-14-8-3-9-15-27)28-16-18-29(19-17-28)34-24-25-10-4-1-5-11-25/h1-19H,20-24H2. The Morgan fingerprint density at radius 1 is 0.588 bits per heavy atom. The highest BCUT2D eigenvalue weighted by molar-refractivity contribution is 6.17. The molecule has 0 radical (unpaired) electrons. The van der Waals surface area contributed by atoms with Gasteiger partial charge in [0.15, 0.2) is 0 Å². The first-order valence-corrected chi connectivity index (χ1v) is 12.1. The van der Waals surface area contributed by atoms with Crippen LogP contribution in [-0.4, -0.2) is 19.1 Å². The van der Waals surface area contributed by atoms with Gasteiger partial charge < -0.3 is 9.47 Å². The van der Waals surface area contributed by atoms with E-state index in [9.17, 15) is 0 Å². The zero-order valence-corrected chi connectivity index (χ0v) is 20.0. The van der Waals surface area contributed by atoms with E-state index in [0.29, 0.717) is 25.7 Å². The SMILES string of the molecule is ClCCOCCC(=C(c1ccccc1)c1ccc(OCc2ccccc2)cc1)c1ccccc1. The molecule has 0 saturated heterocycles. The van der Waals surface area contributed by atoms with Crippen molar-refractivity contribution in [2.75, 3.05) is 19.1 Å². The second-order valence-corrected chi connectivity index (χ2v) is 8.31. The molecule has 34 heavy (non-hydrogen) atoms. The normalized spacial score (nSPS) is 11.7. The van der Waals surface area contributed by atoms with Gasteiger partial charge in [-0.3, -0.25) is 0 Å². The summed E-state index contributed by atoms with van der Waals surface area (Å²) >= 11 is 5.82. The van der Waals surface area contributed by atoms with Crippen LogP contribution in [0, 0.1) is 0 Å². The average molecular weight is 469 g/mol. The van der Waals surface area contributed by atoms with E-state index in [-0.39, 0.29) is 0 Å². The molecule has 4 aromatic carbocycles. The van der Waals surface area contributed by atoms with Crippen molar-refractivity contribution in [3.8, 4) is 5.75 Å². The van der Waals surface area contributed by atoms with Crippen LogP contribution in [0.2, 0.25) is 0 Å². The Balaban J connectivity index is 1.68. The maximum atomic E-state index is 6.02. The van der Waals surface area contributed by atoms with Gasteiger partial charge in [-0.25, -0.2) is 0 Å². The predicted molar refractivity (Wildman–Crippen MR) is 142 cm³/mol. The molecule has 0 aromatic heterocycles. The molecular weight excluding hydrogens is 440 g/mol. The molecule has 0 heterocycles. The molecule has 3 heteroatoms. The van der Waals surface area contributed by atoms with Gasteiger partial charge in [0.05, 0.1) is 13.2 Å². The molecule has 0 N–H and O–H groups in total. The van der Waals surface area contributed by atoms with Gasteiger partial charge in [0.2, 0.25) is 0 Å². The minimum Gasteiger partial charge on any atom is -0.489 e. The molecule has 0 fully saturated rings. The summed E-state index contributed by atoms with van der Waals surface area (Å²) in [4.78, 5) is 0. The maximum absolute atomic E-state index is 6.02. The first kappa shape index (κ1) is 23.8. The highest BCUT2D eigenvalue weighted by Crippen LogP contribution is 2.35. The third kappa shape index (κ3) is 6.60. The van der Waals surface area contributed by atoms with Crippen molar-refractivity contribution in [3.05, 3.63) is 138 Å². The fraction of sp³-hybridized carbons (Fsp3) is 0.161. The van der Waals surface area contributed by atoms with Crippen molar-refractivity contribution in [2.24, 2.45) is 0 Å². The highest BCUT2D eigenvalue weighted by atomic mass is 35.5. The smallest absolute Gasteiger partial charge is 0.119 e. The highest BCUT2D eigenvalue weighted by Gasteiger charge is 2.14. The Hall–Kier alpha value is -3.33. The molecule has 0 aliphatic rings. The van der Waals surface area contributed by atoms with Gasteiger partial charge in [-0.2, -0.15) is 0 Å². The van der Waals surface area contributed by atoms with Crippen LogP contribution in [0.25, 0.3) is 11.1 Å². The van der Waals surface area contributed by atoms with Crippen LogP contribution in [0.15, 0.2) is 115 Å². The van der Waals surface area contributed by atoms with E-state index in [1.807, 2.05) is 42.5 Å². The van der Waals surface area contributed by atoms with E-state index >= 15 is 0 Å². The number of benzene rings is 4. The summed E-state index contributed by atoms with van der Waals surface area (Å²) in [5.41, 5.74) is 7.13. The van der Waals surface area contributed by atoms with E-state index < -0.39 is 0 Å². The average Bonchev–Trinajstić information content (AvgIpc) is 2.91. The fourth-order valence-corrected chi connectivity index (χ4v) is 4.07. The van der Waals surface area contributed by atoms with Crippen LogP contribution in [0.1, 0.15) is 28.7 Å². The zero-order chi connectivity index (χ0) is 23.4. The van der Waals surface area contributed by atoms with E-state index in [0.717, 1.165) is 23.3 Å². The first-order valence-electron chi connectivity index (χ1n) is 11.6. The van der Waals surface area contributed by atoms with Crippen LogP contribution in [0.5, 0.6) is 5.75 Å². The van der Waals surface area contributed by atoms with Crippen LogP contribution >= 0.6 is 11.6 Å². The van der Waals surface area contributed by atoms with E-state index in [2.05, 4.69) is 72.8 Å². The monoisotopic (exact) mass is 468 g/mol. The maximum Gasteiger partial charge on any atom is 0.119 e. The van der Waals surface area contributed by atoms with Crippen molar-refractivity contribution in [1.29, 1.82) is 0 Å². The second-order valence-electron chi connectivity index (χ2n) is 7.94. The number of halogens is 1. The van der Waals surface area contributed by atoms with Gasteiger partial charge in [0.1, 0.15) is 12.4 Å². The van der Waals surface area contributed by atoms with Crippen molar-refractivity contribution >= 4 is 22.7 Å². The van der Waals surface area contributed by atoms with Gasteiger partial charge in [-0.05, 0) is 52.0 Å². The Kier molecular flexibility index (Phi) is 8.96. The minimum atomic E-state index is 0.500. The fourth-order valence-electron chi connectivity index (χ4n) is 3.96.